The maximum atomic E-state index is 15.1. The van der Waals surface area contributed by atoms with Crippen molar-refractivity contribution in [3.63, 3.8) is 0 Å². The van der Waals surface area contributed by atoms with Crippen LogP contribution in [-0.4, -0.2) is 51.7 Å². The Morgan fingerprint density at radius 2 is 2.19 bits per heavy atom. The van der Waals surface area contributed by atoms with Gasteiger partial charge in [0, 0.05) is 24.6 Å². The molecule has 4 heterocycles. The number of carbonyl (C=O) groups is 1. The van der Waals surface area contributed by atoms with Crippen molar-refractivity contribution in [1.29, 1.82) is 0 Å². The molecule has 0 radical (unpaired) electrons. The van der Waals surface area contributed by atoms with Crippen molar-refractivity contribution >= 4 is 17.4 Å². The van der Waals surface area contributed by atoms with Crippen molar-refractivity contribution in [3.8, 4) is 17.1 Å². The van der Waals surface area contributed by atoms with E-state index in [0.717, 1.165) is 50.5 Å². The predicted molar refractivity (Wildman–Crippen MR) is 113 cm³/mol. The third-order valence-electron chi connectivity index (χ3n) is 5.79. The van der Waals surface area contributed by atoms with Gasteiger partial charge in [-0.2, -0.15) is 5.10 Å². The average molecular weight is 425 g/mol. The van der Waals surface area contributed by atoms with Crippen LogP contribution >= 0.6 is 0 Å². The summed E-state index contributed by atoms with van der Waals surface area (Å²) < 4.78 is 22.1. The van der Waals surface area contributed by atoms with Crippen molar-refractivity contribution in [1.82, 2.24) is 24.9 Å². The normalized spacial score (nSPS) is 18.8. The van der Waals surface area contributed by atoms with E-state index in [0.29, 0.717) is 23.0 Å². The molecule has 0 spiro atoms. The van der Waals surface area contributed by atoms with Crippen LogP contribution < -0.4 is 21.1 Å². The van der Waals surface area contributed by atoms with Gasteiger partial charge in [-0.1, -0.05) is 0 Å². The number of aromatic nitrogens is 4. The SMILES string of the molecule is COc1cc2ncc(-c3nc(N[C@H]4CCCNC4)c(C(N)=O)cc3F)n2nc1C1CC1. The molecule has 5 rings (SSSR count). The lowest BCUT2D eigenvalue weighted by atomic mass is 10.1. The summed E-state index contributed by atoms with van der Waals surface area (Å²) in [5.41, 5.74) is 7.34. The molecule has 0 bridgehead atoms. The second kappa shape index (κ2) is 7.77. The third-order valence-corrected chi connectivity index (χ3v) is 5.79. The summed E-state index contributed by atoms with van der Waals surface area (Å²) in [6, 6.07) is 3.00. The third kappa shape index (κ3) is 3.67. The Labute approximate surface area is 178 Å². The van der Waals surface area contributed by atoms with E-state index in [4.69, 9.17) is 10.5 Å². The number of ether oxygens (including phenoxy) is 1. The second-order valence-corrected chi connectivity index (χ2v) is 8.05. The standard InChI is InChI=1S/C21H24FN7O2/c1-31-16-8-17-25-10-15(29(17)28-18(16)11-4-5-11)19-14(22)7-13(20(23)30)21(27-19)26-12-3-2-6-24-9-12/h7-8,10-12,24H,2-6,9H2,1H3,(H2,23,30)(H,26,27)/t12-/m0/s1. The van der Waals surface area contributed by atoms with Gasteiger partial charge in [-0.3, -0.25) is 4.79 Å². The first-order valence-electron chi connectivity index (χ1n) is 10.5. The summed E-state index contributed by atoms with van der Waals surface area (Å²) in [5.74, 6) is -0.115. The molecule has 1 amide bonds. The Kier molecular flexibility index (Phi) is 4.93. The molecule has 10 heteroatoms. The number of hydrogen-bond acceptors (Lipinski definition) is 7. The van der Waals surface area contributed by atoms with E-state index in [1.54, 1.807) is 17.7 Å². The molecule has 1 saturated heterocycles. The zero-order valence-corrected chi connectivity index (χ0v) is 17.2. The molecule has 1 aliphatic heterocycles. The zero-order valence-electron chi connectivity index (χ0n) is 17.2. The van der Waals surface area contributed by atoms with Gasteiger partial charge in [0.25, 0.3) is 5.91 Å². The summed E-state index contributed by atoms with van der Waals surface area (Å²) in [6.07, 6.45) is 5.53. The van der Waals surface area contributed by atoms with E-state index in [2.05, 4.69) is 25.7 Å². The van der Waals surface area contributed by atoms with Crippen molar-refractivity contribution in [2.45, 2.75) is 37.6 Å². The van der Waals surface area contributed by atoms with E-state index >= 15 is 4.39 Å². The number of anilines is 1. The lowest BCUT2D eigenvalue weighted by molar-refractivity contribution is 0.100. The fraction of sp³-hybridized carbons (Fsp3) is 0.429. The molecule has 162 valence electrons. The van der Waals surface area contributed by atoms with Gasteiger partial charge in [0.15, 0.2) is 11.5 Å². The Bertz CT molecular complexity index is 1150. The minimum absolute atomic E-state index is 0.0222. The number of rotatable bonds is 6. The molecule has 3 aromatic heterocycles. The van der Waals surface area contributed by atoms with Crippen LogP contribution in [0.5, 0.6) is 5.75 Å². The number of pyridine rings is 1. The highest BCUT2D eigenvalue weighted by Crippen LogP contribution is 2.43. The van der Waals surface area contributed by atoms with Crippen molar-refractivity contribution < 1.29 is 13.9 Å². The molecule has 1 atom stereocenters. The molecule has 2 aliphatic rings. The summed E-state index contributed by atoms with van der Waals surface area (Å²) in [7, 11) is 1.60. The smallest absolute Gasteiger partial charge is 0.252 e. The van der Waals surface area contributed by atoms with E-state index < -0.39 is 11.7 Å². The molecule has 1 saturated carbocycles. The maximum Gasteiger partial charge on any atom is 0.252 e. The van der Waals surface area contributed by atoms with Crippen LogP contribution in [0.3, 0.4) is 0 Å². The number of primary amides is 1. The lowest BCUT2D eigenvalue weighted by Gasteiger charge is -2.25. The van der Waals surface area contributed by atoms with E-state index in [9.17, 15) is 4.79 Å². The number of carbonyl (C=O) groups excluding carboxylic acids is 1. The zero-order chi connectivity index (χ0) is 21.5. The fourth-order valence-corrected chi connectivity index (χ4v) is 4.01. The van der Waals surface area contributed by atoms with Gasteiger partial charge in [-0.05, 0) is 38.3 Å². The Balaban J connectivity index is 1.60. The first kappa shape index (κ1) is 19.7. The van der Waals surface area contributed by atoms with E-state index in [1.165, 1.54) is 6.20 Å². The summed E-state index contributed by atoms with van der Waals surface area (Å²) in [4.78, 5) is 20.8. The van der Waals surface area contributed by atoms with E-state index in [1.807, 2.05) is 0 Å². The molecule has 4 N–H and O–H groups in total. The van der Waals surface area contributed by atoms with Crippen LogP contribution in [0, 0.1) is 5.82 Å². The first-order chi connectivity index (χ1) is 15.0. The van der Waals surface area contributed by atoms with Gasteiger partial charge in [0.1, 0.15) is 28.6 Å². The number of nitrogens with zero attached hydrogens (tertiary/aromatic N) is 4. The number of piperidine rings is 1. The molecule has 3 aromatic rings. The molecule has 1 aliphatic carbocycles. The minimum Gasteiger partial charge on any atom is -0.495 e. The van der Waals surface area contributed by atoms with Gasteiger partial charge >= 0.3 is 0 Å². The average Bonchev–Trinajstić information content (AvgIpc) is 3.54. The van der Waals surface area contributed by atoms with Gasteiger partial charge in [0.05, 0.1) is 18.9 Å². The number of nitrogens with two attached hydrogens (primary N) is 1. The van der Waals surface area contributed by atoms with Crippen LogP contribution in [-0.2, 0) is 0 Å². The van der Waals surface area contributed by atoms with Crippen LogP contribution in [0.15, 0.2) is 18.3 Å². The van der Waals surface area contributed by atoms with Crippen LogP contribution in [0.1, 0.15) is 47.7 Å². The predicted octanol–water partition coefficient (Wildman–Crippen LogP) is 2.08. The van der Waals surface area contributed by atoms with Gasteiger partial charge in [0.2, 0.25) is 0 Å². The highest BCUT2D eigenvalue weighted by molar-refractivity contribution is 5.98. The minimum atomic E-state index is -0.735. The number of imidazole rings is 1. The highest BCUT2D eigenvalue weighted by Gasteiger charge is 2.30. The molecule has 2 fully saturated rings. The molecular formula is C21H24FN7O2. The molecule has 0 aromatic carbocycles. The number of nitrogens with one attached hydrogen (secondary N) is 2. The molecule has 9 nitrogen and oxygen atoms in total. The summed E-state index contributed by atoms with van der Waals surface area (Å²) in [6.45, 7) is 1.68. The topological polar surface area (TPSA) is 119 Å². The molecular weight excluding hydrogens is 401 g/mol. The van der Waals surface area contributed by atoms with Crippen LogP contribution in [0.25, 0.3) is 17.0 Å². The molecule has 31 heavy (non-hydrogen) atoms. The van der Waals surface area contributed by atoms with Crippen molar-refractivity contribution in [2.75, 3.05) is 25.5 Å². The van der Waals surface area contributed by atoms with Gasteiger partial charge in [-0.25, -0.2) is 18.9 Å². The largest absolute Gasteiger partial charge is 0.495 e. The molecule has 0 unspecified atom stereocenters. The second-order valence-electron chi connectivity index (χ2n) is 8.05. The van der Waals surface area contributed by atoms with Crippen LogP contribution in [0.4, 0.5) is 10.2 Å². The monoisotopic (exact) mass is 425 g/mol. The Hall–Kier alpha value is -3.27. The van der Waals surface area contributed by atoms with E-state index in [-0.39, 0.29) is 23.1 Å². The number of halogens is 1. The fourth-order valence-electron chi connectivity index (χ4n) is 4.01. The lowest BCUT2D eigenvalue weighted by Crippen LogP contribution is -2.39. The Morgan fingerprint density at radius 1 is 1.35 bits per heavy atom. The highest BCUT2D eigenvalue weighted by atomic mass is 19.1. The number of hydrogen-bond donors (Lipinski definition) is 3. The first-order valence-corrected chi connectivity index (χ1v) is 10.5. The van der Waals surface area contributed by atoms with Crippen molar-refractivity contribution in [2.24, 2.45) is 5.73 Å². The number of amides is 1. The van der Waals surface area contributed by atoms with Gasteiger partial charge < -0.3 is 21.1 Å². The van der Waals surface area contributed by atoms with Gasteiger partial charge in [-0.15, -0.1) is 0 Å². The maximum absolute atomic E-state index is 15.1. The van der Waals surface area contributed by atoms with Crippen LogP contribution in [0.2, 0.25) is 0 Å². The quantitative estimate of drug-likeness (QED) is 0.553. The van der Waals surface area contributed by atoms with Crippen molar-refractivity contribution in [3.05, 3.63) is 35.4 Å². The Morgan fingerprint density at radius 3 is 2.87 bits per heavy atom. The summed E-state index contributed by atoms with van der Waals surface area (Å²) in [5, 5.41) is 11.2. The number of methoxy groups -OCH3 is 1. The summed E-state index contributed by atoms with van der Waals surface area (Å²) >= 11 is 0. The number of fused-ring (bicyclic) bond motifs is 1.